The van der Waals surface area contributed by atoms with Crippen LogP contribution in [0.3, 0.4) is 0 Å². The van der Waals surface area contributed by atoms with Gasteiger partial charge in [-0.15, -0.1) is 0 Å². The lowest BCUT2D eigenvalue weighted by Gasteiger charge is -2.17. The number of pyridine rings is 1. The van der Waals surface area contributed by atoms with Crippen LogP contribution < -0.4 is 4.90 Å². The van der Waals surface area contributed by atoms with Gasteiger partial charge in [-0.05, 0) is 37.9 Å². The van der Waals surface area contributed by atoms with Crippen molar-refractivity contribution in [2.75, 3.05) is 18.5 Å². The molecule has 0 aliphatic rings. The van der Waals surface area contributed by atoms with Crippen molar-refractivity contribution in [1.29, 1.82) is 0 Å². The molecule has 76 valence electrons. The van der Waals surface area contributed by atoms with Gasteiger partial charge < -0.3 is 10.0 Å². The Hall–Kier alpha value is -0.620. The summed E-state index contributed by atoms with van der Waals surface area (Å²) < 4.78 is 1.44. The maximum absolute atomic E-state index is 10.5. The highest BCUT2D eigenvalue weighted by molar-refractivity contribution is 9.11. The van der Waals surface area contributed by atoms with Gasteiger partial charge in [0.1, 0.15) is 11.1 Å². The Bertz CT molecular complexity index is 357. The zero-order valence-corrected chi connectivity index (χ0v) is 10.5. The Labute approximate surface area is 98.2 Å². The summed E-state index contributed by atoms with van der Waals surface area (Å²) in [6.07, 6.45) is 1.64. The summed E-state index contributed by atoms with van der Waals surface area (Å²) in [5, 5.41) is 8.62. The maximum atomic E-state index is 10.5. The fourth-order valence-electron chi connectivity index (χ4n) is 0.968. The molecule has 1 heterocycles. The number of anilines is 1. The molecule has 0 radical (unpaired) electrons. The van der Waals surface area contributed by atoms with Gasteiger partial charge in [0.2, 0.25) is 0 Å². The molecule has 0 fully saturated rings. The minimum atomic E-state index is -0.876. The molecule has 1 aromatic rings. The topological polar surface area (TPSA) is 53.4 Å². The Balaban J connectivity index is 2.93. The van der Waals surface area contributed by atoms with Crippen LogP contribution in [-0.2, 0) is 4.79 Å². The van der Waals surface area contributed by atoms with E-state index in [2.05, 4.69) is 36.8 Å². The molecule has 4 nitrogen and oxygen atoms in total. The van der Waals surface area contributed by atoms with Gasteiger partial charge in [0, 0.05) is 17.7 Å². The third kappa shape index (κ3) is 2.95. The number of likely N-dealkylation sites (N-methyl/N-ethyl adjacent to an activating group) is 1. The van der Waals surface area contributed by atoms with Gasteiger partial charge in [0.15, 0.2) is 0 Å². The molecule has 0 saturated carbocycles. The van der Waals surface area contributed by atoms with Crippen molar-refractivity contribution in [3.8, 4) is 0 Å². The molecule has 6 heteroatoms. The number of aliphatic carboxylic acids is 1. The lowest BCUT2D eigenvalue weighted by molar-refractivity contribution is -0.135. The molecule has 1 N–H and O–H groups in total. The second-order valence-corrected chi connectivity index (χ2v) is 4.38. The predicted octanol–water partition coefficient (Wildman–Crippen LogP) is 2.13. The number of carboxylic acids is 1. The van der Waals surface area contributed by atoms with E-state index in [1.54, 1.807) is 24.2 Å². The van der Waals surface area contributed by atoms with Crippen molar-refractivity contribution in [2.45, 2.75) is 0 Å². The lowest BCUT2D eigenvalue weighted by Crippen LogP contribution is -2.25. The van der Waals surface area contributed by atoms with Crippen LogP contribution in [0.4, 0.5) is 5.69 Å². The van der Waals surface area contributed by atoms with Gasteiger partial charge >= 0.3 is 5.97 Å². The first-order valence-electron chi connectivity index (χ1n) is 3.74. The molecule has 0 aliphatic heterocycles. The van der Waals surface area contributed by atoms with Crippen molar-refractivity contribution in [3.05, 3.63) is 21.3 Å². The molecule has 0 atom stereocenters. The number of halogens is 2. The SMILES string of the molecule is CN(CC(=O)O)c1cc(Br)cnc1Br. The standard InChI is InChI=1S/C8H8Br2N2O2/c1-12(4-7(13)14)6-2-5(9)3-11-8(6)10/h2-3H,4H2,1H3,(H,13,14). The molecular weight excluding hydrogens is 316 g/mol. The number of aromatic nitrogens is 1. The highest BCUT2D eigenvalue weighted by atomic mass is 79.9. The van der Waals surface area contributed by atoms with Crippen LogP contribution in [0.15, 0.2) is 21.3 Å². The largest absolute Gasteiger partial charge is 0.480 e. The monoisotopic (exact) mass is 322 g/mol. The van der Waals surface area contributed by atoms with Gasteiger partial charge in [-0.1, -0.05) is 0 Å². The van der Waals surface area contributed by atoms with E-state index in [0.29, 0.717) is 4.60 Å². The van der Waals surface area contributed by atoms with E-state index >= 15 is 0 Å². The number of hydrogen-bond acceptors (Lipinski definition) is 3. The summed E-state index contributed by atoms with van der Waals surface area (Å²) in [6.45, 7) is -0.0588. The molecule has 1 rings (SSSR count). The van der Waals surface area contributed by atoms with Crippen LogP contribution in [0.2, 0.25) is 0 Å². The summed E-state index contributed by atoms with van der Waals surface area (Å²) >= 11 is 6.53. The first-order chi connectivity index (χ1) is 6.50. The van der Waals surface area contributed by atoms with Crippen molar-refractivity contribution in [3.63, 3.8) is 0 Å². The van der Waals surface area contributed by atoms with Crippen molar-refractivity contribution in [2.24, 2.45) is 0 Å². The van der Waals surface area contributed by atoms with Gasteiger partial charge in [0.25, 0.3) is 0 Å². The molecule has 0 amide bonds. The summed E-state index contributed by atoms with van der Waals surface area (Å²) in [6, 6.07) is 1.81. The molecule has 0 bridgehead atoms. The summed E-state index contributed by atoms with van der Waals surface area (Å²) in [5.74, 6) is -0.876. The van der Waals surface area contributed by atoms with E-state index in [4.69, 9.17) is 5.11 Å². The molecule has 0 saturated heterocycles. The van der Waals surface area contributed by atoms with Crippen LogP contribution >= 0.6 is 31.9 Å². The number of rotatable bonds is 3. The van der Waals surface area contributed by atoms with Crippen LogP contribution in [-0.4, -0.2) is 29.7 Å². The zero-order chi connectivity index (χ0) is 10.7. The Morgan fingerprint density at radius 2 is 2.29 bits per heavy atom. The third-order valence-corrected chi connectivity index (χ3v) is 2.62. The smallest absolute Gasteiger partial charge is 0.323 e. The van der Waals surface area contributed by atoms with E-state index < -0.39 is 5.97 Å². The lowest BCUT2D eigenvalue weighted by atomic mass is 10.4. The molecule has 0 spiro atoms. The normalized spacial score (nSPS) is 9.93. The number of carbonyl (C=O) groups is 1. The minimum absolute atomic E-state index is 0.0588. The van der Waals surface area contributed by atoms with E-state index in [9.17, 15) is 4.79 Å². The first kappa shape index (κ1) is 11.5. The second kappa shape index (κ2) is 4.75. The number of nitrogens with zero attached hydrogens (tertiary/aromatic N) is 2. The quantitative estimate of drug-likeness (QED) is 0.866. The van der Waals surface area contributed by atoms with E-state index in [1.165, 1.54) is 0 Å². The molecular formula is C8H8Br2N2O2. The Morgan fingerprint density at radius 3 is 2.86 bits per heavy atom. The third-order valence-electron chi connectivity index (χ3n) is 1.57. The van der Waals surface area contributed by atoms with Gasteiger partial charge in [0.05, 0.1) is 5.69 Å². The van der Waals surface area contributed by atoms with Crippen LogP contribution in [0.25, 0.3) is 0 Å². The van der Waals surface area contributed by atoms with Crippen molar-refractivity contribution >= 4 is 43.5 Å². The van der Waals surface area contributed by atoms with E-state index in [1.807, 2.05) is 0 Å². The average Bonchev–Trinajstić information content (AvgIpc) is 2.08. The summed E-state index contributed by atoms with van der Waals surface area (Å²) in [4.78, 5) is 16.1. The molecule has 0 aromatic carbocycles. The fourth-order valence-corrected chi connectivity index (χ4v) is 1.81. The summed E-state index contributed by atoms with van der Waals surface area (Å²) in [5.41, 5.74) is 0.738. The summed E-state index contributed by atoms with van der Waals surface area (Å²) in [7, 11) is 1.70. The molecule has 0 aliphatic carbocycles. The Morgan fingerprint density at radius 1 is 1.64 bits per heavy atom. The van der Waals surface area contributed by atoms with Gasteiger partial charge in [-0.3, -0.25) is 4.79 Å². The first-order valence-corrected chi connectivity index (χ1v) is 5.33. The van der Waals surface area contributed by atoms with Gasteiger partial charge in [-0.2, -0.15) is 0 Å². The van der Waals surface area contributed by atoms with Gasteiger partial charge in [-0.25, -0.2) is 4.98 Å². The molecule has 0 unspecified atom stereocenters. The minimum Gasteiger partial charge on any atom is -0.480 e. The Kier molecular flexibility index (Phi) is 3.88. The fraction of sp³-hybridized carbons (Fsp3) is 0.250. The molecule has 14 heavy (non-hydrogen) atoms. The highest BCUT2D eigenvalue weighted by Gasteiger charge is 2.10. The number of carboxylic acid groups (broad SMARTS) is 1. The van der Waals surface area contributed by atoms with Crippen LogP contribution in [0, 0.1) is 0 Å². The van der Waals surface area contributed by atoms with Crippen molar-refractivity contribution in [1.82, 2.24) is 4.98 Å². The highest BCUT2D eigenvalue weighted by Crippen LogP contribution is 2.26. The van der Waals surface area contributed by atoms with Crippen LogP contribution in [0.1, 0.15) is 0 Å². The number of hydrogen-bond donors (Lipinski definition) is 1. The molecule has 1 aromatic heterocycles. The van der Waals surface area contributed by atoms with E-state index in [0.717, 1.165) is 10.2 Å². The van der Waals surface area contributed by atoms with E-state index in [-0.39, 0.29) is 6.54 Å². The van der Waals surface area contributed by atoms with Crippen molar-refractivity contribution < 1.29 is 9.90 Å². The zero-order valence-electron chi connectivity index (χ0n) is 7.37. The predicted molar refractivity (Wildman–Crippen MR) is 60.5 cm³/mol. The maximum Gasteiger partial charge on any atom is 0.323 e. The second-order valence-electron chi connectivity index (χ2n) is 2.71. The average molecular weight is 324 g/mol. The van der Waals surface area contributed by atoms with Crippen LogP contribution in [0.5, 0.6) is 0 Å².